The van der Waals surface area contributed by atoms with E-state index in [0.717, 1.165) is 70.4 Å². The van der Waals surface area contributed by atoms with E-state index in [1.54, 1.807) is 0 Å². The molecule has 7 heteroatoms. The Morgan fingerprint density at radius 3 is 2.80 bits per heavy atom. The third-order valence-electron chi connectivity index (χ3n) is 5.48. The zero-order chi connectivity index (χ0) is 17.2. The van der Waals surface area contributed by atoms with Crippen molar-refractivity contribution in [1.82, 2.24) is 24.7 Å². The van der Waals surface area contributed by atoms with Crippen LogP contribution in [-0.4, -0.2) is 63.6 Å². The summed E-state index contributed by atoms with van der Waals surface area (Å²) in [5.41, 5.74) is 3.51. The zero-order valence-corrected chi connectivity index (χ0v) is 15.1. The maximum Gasteiger partial charge on any atom is 0.138 e. The van der Waals surface area contributed by atoms with Crippen molar-refractivity contribution < 1.29 is 9.26 Å². The van der Waals surface area contributed by atoms with Crippen molar-refractivity contribution in [2.24, 2.45) is 0 Å². The van der Waals surface area contributed by atoms with E-state index in [2.05, 4.69) is 30.8 Å². The van der Waals surface area contributed by atoms with Gasteiger partial charge in [-0.3, -0.25) is 14.5 Å². The van der Waals surface area contributed by atoms with Gasteiger partial charge < -0.3 is 9.26 Å². The summed E-state index contributed by atoms with van der Waals surface area (Å²) in [6.07, 6.45) is 3.02. The van der Waals surface area contributed by atoms with Gasteiger partial charge in [0.25, 0.3) is 0 Å². The van der Waals surface area contributed by atoms with Gasteiger partial charge in [-0.25, -0.2) is 0 Å². The zero-order valence-electron chi connectivity index (χ0n) is 15.1. The fraction of sp³-hybridized carbons (Fsp3) is 0.667. The van der Waals surface area contributed by atoms with E-state index in [1.165, 1.54) is 11.3 Å². The first kappa shape index (κ1) is 16.8. The van der Waals surface area contributed by atoms with Gasteiger partial charge in [0.05, 0.1) is 24.6 Å². The molecular formula is C18H27N5O2. The lowest BCUT2D eigenvalue weighted by atomic mass is 10.1. The maximum atomic E-state index is 5.51. The highest BCUT2D eigenvalue weighted by Crippen LogP contribution is 2.23. The van der Waals surface area contributed by atoms with Crippen LogP contribution in [0.3, 0.4) is 0 Å². The second kappa shape index (κ2) is 7.27. The van der Waals surface area contributed by atoms with Crippen LogP contribution >= 0.6 is 0 Å². The van der Waals surface area contributed by atoms with Gasteiger partial charge in [-0.2, -0.15) is 5.10 Å². The first-order chi connectivity index (χ1) is 12.2. The summed E-state index contributed by atoms with van der Waals surface area (Å²) in [6, 6.07) is 2.63. The van der Waals surface area contributed by atoms with Crippen LogP contribution in [0.4, 0.5) is 0 Å². The Bertz CT molecular complexity index is 685. The number of hydrogen-bond acceptors (Lipinski definition) is 6. The van der Waals surface area contributed by atoms with Crippen LogP contribution in [0.15, 0.2) is 16.8 Å². The maximum absolute atomic E-state index is 5.51. The molecule has 0 aliphatic carbocycles. The third kappa shape index (κ3) is 3.63. The molecule has 0 N–H and O–H groups in total. The summed E-state index contributed by atoms with van der Waals surface area (Å²) in [5.74, 6) is 0.931. The second-order valence-electron chi connectivity index (χ2n) is 7.11. The number of morpholine rings is 1. The highest BCUT2D eigenvalue weighted by molar-refractivity contribution is 5.21. The number of hydrogen-bond donors (Lipinski definition) is 0. The fourth-order valence-electron chi connectivity index (χ4n) is 3.89. The van der Waals surface area contributed by atoms with Crippen molar-refractivity contribution >= 4 is 0 Å². The molecular weight excluding hydrogens is 318 g/mol. The lowest BCUT2D eigenvalue weighted by molar-refractivity contribution is 0.0196. The highest BCUT2D eigenvalue weighted by Gasteiger charge is 2.28. The van der Waals surface area contributed by atoms with Crippen molar-refractivity contribution in [2.75, 3.05) is 32.8 Å². The predicted molar refractivity (Wildman–Crippen MR) is 93.1 cm³/mol. The number of aromatic nitrogens is 3. The monoisotopic (exact) mass is 345 g/mol. The minimum Gasteiger partial charge on any atom is -0.379 e. The standard InChI is InChI=1S/C18H27N5O2/c1-14-18(15(2)25-20-14)13-22-12-17-3-5-19-23(17)6-4-16(22)11-21-7-9-24-10-8-21/h3,5,16H,4,6-13H2,1-2H3/t16-/m1/s1. The van der Waals surface area contributed by atoms with Crippen LogP contribution in [-0.2, 0) is 24.4 Å². The fourth-order valence-corrected chi connectivity index (χ4v) is 3.89. The number of ether oxygens (including phenoxy) is 1. The van der Waals surface area contributed by atoms with Gasteiger partial charge in [-0.05, 0) is 26.3 Å². The molecule has 2 aliphatic heterocycles. The second-order valence-corrected chi connectivity index (χ2v) is 7.11. The SMILES string of the molecule is Cc1noc(C)c1CN1Cc2ccnn2CC[C@@H]1CN1CCOCC1. The van der Waals surface area contributed by atoms with Gasteiger partial charge in [0.2, 0.25) is 0 Å². The topological polar surface area (TPSA) is 59.6 Å². The summed E-state index contributed by atoms with van der Waals surface area (Å²) in [5, 5.41) is 8.62. The van der Waals surface area contributed by atoms with Crippen LogP contribution in [0.1, 0.15) is 29.1 Å². The molecule has 0 aromatic carbocycles. The van der Waals surface area contributed by atoms with E-state index < -0.39 is 0 Å². The van der Waals surface area contributed by atoms with Crippen LogP contribution < -0.4 is 0 Å². The van der Waals surface area contributed by atoms with Gasteiger partial charge in [-0.15, -0.1) is 0 Å². The van der Waals surface area contributed by atoms with Crippen molar-refractivity contribution in [3.05, 3.63) is 35.0 Å². The molecule has 2 aromatic rings. The molecule has 0 amide bonds. The summed E-state index contributed by atoms with van der Waals surface area (Å²) in [6.45, 7) is 11.6. The molecule has 2 aromatic heterocycles. The lowest BCUT2D eigenvalue weighted by Crippen LogP contribution is -2.46. The molecule has 0 saturated carbocycles. The molecule has 1 atom stereocenters. The van der Waals surface area contributed by atoms with E-state index >= 15 is 0 Å². The Morgan fingerprint density at radius 2 is 2.04 bits per heavy atom. The number of nitrogens with zero attached hydrogens (tertiary/aromatic N) is 5. The quantitative estimate of drug-likeness (QED) is 0.839. The smallest absolute Gasteiger partial charge is 0.138 e. The Labute approximate surface area is 148 Å². The minimum absolute atomic E-state index is 0.494. The summed E-state index contributed by atoms with van der Waals surface area (Å²) >= 11 is 0. The largest absolute Gasteiger partial charge is 0.379 e. The van der Waals surface area contributed by atoms with Gasteiger partial charge in [0.1, 0.15) is 5.76 Å². The third-order valence-corrected chi connectivity index (χ3v) is 5.48. The van der Waals surface area contributed by atoms with Crippen LogP contribution in [0.5, 0.6) is 0 Å². The van der Waals surface area contributed by atoms with E-state index in [1.807, 2.05) is 20.0 Å². The molecule has 0 unspecified atom stereocenters. The lowest BCUT2D eigenvalue weighted by Gasteiger charge is -2.35. The molecule has 136 valence electrons. The molecule has 4 heterocycles. The molecule has 0 spiro atoms. The van der Waals surface area contributed by atoms with Crippen LogP contribution in [0.25, 0.3) is 0 Å². The molecule has 4 rings (SSSR count). The number of fused-ring (bicyclic) bond motifs is 1. The first-order valence-electron chi connectivity index (χ1n) is 9.17. The molecule has 25 heavy (non-hydrogen) atoms. The number of aryl methyl sites for hydroxylation is 3. The summed E-state index contributed by atoms with van der Waals surface area (Å²) < 4.78 is 13.0. The van der Waals surface area contributed by atoms with Gasteiger partial charge >= 0.3 is 0 Å². The van der Waals surface area contributed by atoms with Gasteiger partial charge in [0.15, 0.2) is 0 Å². The summed E-state index contributed by atoms with van der Waals surface area (Å²) in [4.78, 5) is 5.10. The first-order valence-corrected chi connectivity index (χ1v) is 9.17. The summed E-state index contributed by atoms with van der Waals surface area (Å²) in [7, 11) is 0. The predicted octanol–water partition coefficient (Wildman–Crippen LogP) is 1.59. The molecule has 1 fully saturated rings. The van der Waals surface area contributed by atoms with Crippen LogP contribution in [0.2, 0.25) is 0 Å². The van der Waals surface area contributed by atoms with Gasteiger partial charge in [-0.1, -0.05) is 5.16 Å². The Hall–Kier alpha value is -1.70. The highest BCUT2D eigenvalue weighted by atomic mass is 16.5. The van der Waals surface area contributed by atoms with E-state index in [0.29, 0.717) is 6.04 Å². The Balaban J connectivity index is 1.55. The van der Waals surface area contributed by atoms with E-state index in [-0.39, 0.29) is 0 Å². The van der Waals surface area contributed by atoms with Gasteiger partial charge in [0, 0.05) is 57.1 Å². The van der Waals surface area contributed by atoms with Crippen LogP contribution in [0, 0.1) is 13.8 Å². The molecule has 0 radical (unpaired) electrons. The normalized spacial score (nSPS) is 22.7. The molecule has 0 bridgehead atoms. The Kier molecular flexibility index (Phi) is 4.87. The van der Waals surface area contributed by atoms with E-state index in [4.69, 9.17) is 9.26 Å². The average molecular weight is 345 g/mol. The van der Waals surface area contributed by atoms with Crippen molar-refractivity contribution in [1.29, 1.82) is 0 Å². The molecule has 1 saturated heterocycles. The minimum atomic E-state index is 0.494. The van der Waals surface area contributed by atoms with Crippen molar-refractivity contribution in [3.63, 3.8) is 0 Å². The van der Waals surface area contributed by atoms with E-state index in [9.17, 15) is 0 Å². The molecule has 2 aliphatic rings. The Morgan fingerprint density at radius 1 is 1.20 bits per heavy atom. The molecule has 7 nitrogen and oxygen atoms in total. The number of rotatable bonds is 4. The van der Waals surface area contributed by atoms with Crippen molar-refractivity contribution in [3.8, 4) is 0 Å². The van der Waals surface area contributed by atoms with Crippen molar-refractivity contribution in [2.45, 2.75) is 45.9 Å². The average Bonchev–Trinajstić information content (AvgIpc) is 3.15.